The van der Waals surface area contributed by atoms with Crippen LogP contribution in [0.2, 0.25) is 0 Å². The van der Waals surface area contributed by atoms with Crippen molar-refractivity contribution >= 4 is 18.2 Å². The molecule has 196 valence electrons. The number of rotatable bonds is 12. The molecule has 0 aliphatic carbocycles. The minimum absolute atomic E-state index is 0.101. The summed E-state index contributed by atoms with van der Waals surface area (Å²) < 4.78 is 21.0. The van der Waals surface area contributed by atoms with Crippen LogP contribution >= 0.6 is 0 Å². The quantitative estimate of drug-likeness (QED) is 0.253. The summed E-state index contributed by atoms with van der Waals surface area (Å²) in [5.41, 5.74) is 1.15. The van der Waals surface area contributed by atoms with Crippen LogP contribution in [0, 0.1) is 0 Å². The lowest BCUT2D eigenvalue weighted by Gasteiger charge is -2.19. The molecule has 0 saturated carbocycles. The molecule has 0 radical (unpaired) electrons. The Morgan fingerprint density at radius 1 is 0.889 bits per heavy atom. The molecule has 0 aliphatic heterocycles. The average molecular weight is 501 g/mol. The lowest BCUT2D eigenvalue weighted by atomic mass is 10.1. The molecule has 0 unspecified atom stereocenters. The van der Waals surface area contributed by atoms with Crippen LogP contribution in [-0.4, -0.2) is 50.1 Å². The van der Waals surface area contributed by atoms with E-state index in [0.717, 1.165) is 24.0 Å². The third kappa shape index (κ3) is 11.6. The van der Waals surface area contributed by atoms with Crippen LogP contribution in [0.3, 0.4) is 0 Å². The average Bonchev–Trinajstić information content (AvgIpc) is 2.84. The Hall–Kier alpha value is -3.75. The van der Waals surface area contributed by atoms with Gasteiger partial charge < -0.3 is 29.6 Å². The molecule has 0 spiro atoms. The summed E-state index contributed by atoms with van der Waals surface area (Å²) in [5, 5.41) is 5.28. The van der Waals surface area contributed by atoms with E-state index in [9.17, 15) is 14.4 Å². The molecule has 1 atom stereocenters. The largest absolute Gasteiger partial charge is 0.494 e. The number of ether oxygens (including phenoxy) is 4. The second-order valence-corrected chi connectivity index (χ2v) is 9.11. The van der Waals surface area contributed by atoms with E-state index < -0.39 is 29.8 Å². The van der Waals surface area contributed by atoms with Gasteiger partial charge in [-0.1, -0.05) is 42.5 Å². The molecule has 0 heterocycles. The van der Waals surface area contributed by atoms with Gasteiger partial charge in [0.1, 0.15) is 24.0 Å². The zero-order valence-electron chi connectivity index (χ0n) is 21.4. The van der Waals surface area contributed by atoms with Gasteiger partial charge in [0.05, 0.1) is 13.7 Å². The Morgan fingerprint density at radius 2 is 1.58 bits per heavy atom. The number of unbranched alkanes of at least 4 members (excludes halogenated alkanes) is 1. The predicted octanol–water partition coefficient (Wildman–Crippen LogP) is 4.38. The molecule has 2 N–H and O–H groups in total. The molecule has 9 heteroatoms. The topological polar surface area (TPSA) is 112 Å². The predicted molar refractivity (Wildman–Crippen MR) is 135 cm³/mol. The maximum Gasteiger partial charge on any atom is 0.408 e. The number of alkyl carbamates (subject to hydrolysis) is 2. The summed E-state index contributed by atoms with van der Waals surface area (Å²) in [6.45, 7) is 6.56. The third-order valence-corrected chi connectivity index (χ3v) is 4.86. The van der Waals surface area contributed by atoms with Crippen LogP contribution in [0.1, 0.15) is 44.7 Å². The van der Waals surface area contributed by atoms with Gasteiger partial charge in [0.25, 0.3) is 0 Å². The highest BCUT2D eigenvalue weighted by Crippen LogP contribution is 2.15. The molecule has 2 aromatic carbocycles. The molecule has 0 aliphatic rings. The molecular formula is C27H36N2O7. The zero-order valence-corrected chi connectivity index (χ0v) is 21.4. The summed E-state index contributed by atoms with van der Waals surface area (Å²) >= 11 is 0. The van der Waals surface area contributed by atoms with Crippen molar-refractivity contribution in [1.29, 1.82) is 0 Å². The summed E-state index contributed by atoms with van der Waals surface area (Å²) in [5.74, 6) is 0.121. The highest BCUT2D eigenvalue weighted by molar-refractivity contribution is 5.81. The van der Waals surface area contributed by atoms with Crippen LogP contribution in [0.5, 0.6) is 5.75 Å². The first-order chi connectivity index (χ1) is 17.2. The van der Waals surface area contributed by atoms with Crippen molar-refractivity contribution in [3.63, 3.8) is 0 Å². The smallest absolute Gasteiger partial charge is 0.408 e. The minimum Gasteiger partial charge on any atom is -0.494 e. The van der Waals surface area contributed by atoms with Crippen LogP contribution < -0.4 is 15.4 Å². The second-order valence-electron chi connectivity index (χ2n) is 9.11. The van der Waals surface area contributed by atoms with Crippen molar-refractivity contribution in [2.75, 3.05) is 20.3 Å². The first kappa shape index (κ1) is 28.5. The molecule has 2 amide bonds. The van der Waals surface area contributed by atoms with E-state index in [1.54, 1.807) is 12.1 Å². The fourth-order valence-corrected chi connectivity index (χ4v) is 3.12. The lowest BCUT2D eigenvalue weighted by molar-refractivity contribution is -0.143. The third-order valence-electron chi connectivity index (χ3n) is 4.86. The number of benzene rings is 2. The summed E-state index contributed by atoms with van der Waals surface area (Å²) in [7, 11) is 1.27. The van der Waals surface area contributed by atoms with E-state index in [-0.39, 0.29) is 13.0 Å². The number of carbonyl (C=O) groups is 3. The van der Waals surface area contributed by atoms with E-state index in [0.29, 0.717) is 18.9 Å². The first-order valence-corrected chi connectivity index (χ1v) is 11.9. The van der Waals surface area contributed by atoms with Crippen molar-refractivity contribution < 1.29 is 33.3 Å². The second kappa shape index (κ2) is 14.6. The van der Waals surface area contributed by atoms with E-state index in [1.807, 2.05) is 63.2 Å². The molecule has 2 rings (SSSR count). The van der Waals surface area contributed by atoms with E-state index in [1.165, 1.54) is 7.11 Å². The standard InChI is InChI=1S/C27H36N2O7/c1-27(2,3)36-25(31)28-16-8-9-17-34-22-14-12-20(13-15-22)18-23(24(30)33-4)29-26(32)35-19-21-10-6-5-7-11-21/h5-7,10-15,23H,8-9,16-19H2,1-4H3,(H,28,31)(H,29,32)/t23-/m0/s1. The molecule has 0 saturated heterocycles. The number of esters is 1. The Labute approximate surface area is 212 Å². The number of carbonyl (C=O) groups excluding carboxylic acids is 3. The Bertz CT molecular complexity index is 956. The van der Waals surface area contributed by atoms with Gasteiger partial charge in [0.15, 0.2) is 0 Å². The van der Waals surface area contributed by atoms with Crippen LogP contribution in [0.15, 0.2) is 54.6 Å². The van der Waals surface area contributed by atoms with E-state index in [4.69, 9.17) is 18.9 Å². The Kier molecular flexibility index (Phi) is 11.6. The van der Waals surface area contributed by atoms with E-state index >= 15 is 0 Å². The van der Waals surface area contributed by atoms with Crippen LogP contribution in [0.4, 0.5) is 9.59 Å². The lowest BCUT2D eigenvalue weighted by Crippen LogP contribution is -2.43. The van der Waals surface area contributed by atoms with Gasteiger partial charge in [0.2, 0.25) is 0 Å². The molecule has 9 nitrogen and oxygen atoms in total. The van der Waals surface area contributed by atoms with Crippen LogP contribution in [0.25, 0.3) is 0 Å². The van der Waals surface area contributed by atoms with Crippen LogP contribution in [-0.2, 0) is 32.0 Å². The zero-order chi connectivity index (χ0) is 26.4. The molecular weight excluding hydrogens is 464 g/mol. The number of hydrogen-bond acceptors (Lipinski definition) is 7. The van der Waals surface area contributed by atoms with Gasteiger partial charge in [-0.2, -0.15) is 0 Å². The van der Waals surface area contributed by atoms with Crippen molar-refractivity contribution in [3.8, 4) is 5.75 Å². The maximum absolute atomic E-state index is 12.2. The SMILES string of the molecule is COC(=O)[C@H](Cc1ccc(OCCCCNC(=O)OC(C)(C)C)cc1)NC(=O)OCc1ccccc1. The van der Waals surface area contributed by atoms with Gasteiger partial charge >= 0.3 is 18.2 Å². The summed E-state index contributed by atoms with van der Waals surface area (Å²) in [4.78, 5) is 36.0. The van der Waals surface area contributed by atoms with Crippen molar-refractivity contribution in [2.45, 2.75) is 58.3 Å². The molecule has 0 aromatic heterocycles. The monoisotopic (exact) mass is 500 g/mol. The summed E-state index contributed by atoms with van der Waals surface area (Å²) in [6.07, 6.45) is 0.629. The van der Waals surface area contributed by atoms with Gasteiger partial charge in [-0.25, -0.2) is 14.4 Å². The van der Waals surface area contributed by atoms with Gasteiger partial charge in [-0.15, -0.1) is 0 Å². The maximum atomic E-state index is 12.2. The highest BCUT2D eigenvalue weighted by Gasteiger charge is 2.23. The Balaban J connectivity index is 1.73. The van der Waals surface area contributed by atoms with Crippen molar-refractivity contribution in [2.24, 2.45) is 0 Å². The molecule has 0 fully saturated rings. The fourth-order valence-electron chi connectivity index (χ4n) is 3.12. The normalized spacial score (nSPS) is 11.7. The van der Waals surface area contributed by atoms with Crippen molar-refractivity contribution in [3.05, 3.63) is 65.7 Å². The molecule has 36 heavy (non-hydrogen) atoms. The number of nitrogens with one attached hydrogen (secondary N) is 2. The minimum atomic E-state index is -0.887. The van der Waals surface area contributed by atoms with Gasteiger partial charge in [-0.3, -0.25) is 0 Å². The number of hydrogen-bond donors (Lipinski definition) is 2. The summed E-state index contributed by atoms with van der Waals surface area (Å²) in [6, 6.07) is 15.6. The van der Waals surface area contributed by atoms with Gasteiger partial charge in [-0.05, 0) is 56.9 Å². The van der Waals surface area contributed by atoms with Crippen molar-refractivity contribution in [1.82, 2.24) is 10.6 Å². The molecule has 0 bridgehead atoms. The number of amides is 2. The molecule has 2 aromatic rings. The first-order valence-electron chi connectivity index (χ1n) is 11.9. The highest BCUT2D eigenvalue weighted by atomic mass is 16.6. The number of methoxy groups -OCH3 is 1. The van der Waals surface area contributed by atoms with E-state index in [2.05, 4.69) is 10.6 Å². The fraction of sp³-hybridized carbons (Fsp3) is 0.444. The van der Waals surface area contributed by atoms with Gasteiger partial charge in [0, 0.05) is 13.0 Å². The Morgan fingerprint density at radius 3 is 2.22 bits per heavy atom.